The third-order valence-corrected chi connectivity index (χ3v) is 3.86. The summed E-state index contributed by atoms with van der Waals surface area (Å²) in [5.41, 5.74) is 3.39. The Morgan fingerprint density at radius 1 is 0.760 bits per heavy atom. The van der Waals surface area contributed by atoms with Gasteiger partial charge in [-0.2, -0.15) is 0 Å². The molecule has 0 saturated heterocycles. The smallest absolute Gasteiger partial charge is 0.314 e. The highest BCUT2D eigenvalue weighted by atomic mass is 16.2. The Kier molecular flexibility index (Phi) is 5.47. The second kappa shape index (κ2) is 7.38. The van der Waals surface area contributed by atoms with Crippen LogP contribution in [-0.2, 0) is 15.0 Å². The minimum atomic E-state index is -0.697. The van der Waals surface area contributed by atoms with E-state index in [1.807, 2.05) is 43.3 Å². The molecule has 2 rings (SSSR count). The number of nitrogens with one attached hydrogen (secondary N) is 2. The highest BCUT2D eigenvalue weighted by Gasteiger charge is 2.16. The summed E-state index contributed by atoms with van der Waals surface area (Å²) < 4.78 is 0. The molecule has 2 aromatic carbocycles. The molecule has 132 valence electrons. The molecule has 5 nitrogen and oxygen atoms in total. The van der Waals surface area contributed by atoms with Gasteiger partial charge in [-0.1, -0.05) is 32.9 Å². The van der Waals surface area contributed by atoms with Crippen LogP contribution in [-0.4, -0.2) is 25.9 Å². The molecule has 0 bridgehead atoms. The highest BCUT2D eigenvalue weighted by molar-refractivity contribution is 6.43. The van der Waals surface area contributed by atoms with E-state index in [0.29, 0.717) is 11.4 Å². The summed E-state index contributed by atoms with van der Waals surface area (Å²) in [5, 5.41) is 5.21. The maximum atomic E-state index is 12.0. The van der Waals surface area contributed by atoms with Crippen molar-refractivity contribution < 1.29 is 9.59 Å². The fourth-order valence-corrected chi connectivity index (χ4v) is 2.27. The van der Waals surface area contributed by atoms with Crippen LogP contribution in [0, 0.1) is 0 Å². The van der Waals surface area contributed by atoms with Gasteiger partial charge in [-0.15, -0.1) is 0 Å². The predicted octanol–water partition coefficient (Wildman–Crippen LogP) is 3.63. The molecule has 0 fully saturated rings. The van der Waals surface area contributed by atoms with Crippen LogP contribution < -0.4 is 15.5 Å². The molecule has 0 radical (unpaired) electrons. The summed E-state index contributed by atoms with van der Waals surface area (Å²) in [4.78, 5) is 26.0. The second-order valence-corrected chi connectivity index (χ2v) is 7.18. The van der Waals surface area contributed by atoms with Crippen molar-refractivity contribution in [3.63, 3.8) is 0 Å². The van der Waals surface area contributed by atoms with E-state index in [-0.39, 0.29) is 5.41 Å². The first-order chi connectivity index (χ1) is 11.7. The van der Waals surface area contributed by atoms with Crippen molar-refractivity contribution in [3.8, 4) is 0 Å². The average Bonchev–Trinajstić information content (AvgIpc) is 2.55. The largest absolute Gasteiger partial charge is 0.378 e. The Bertz CT molecular complexity index is 742. The molecule has 0 aliphatic heterocycles. The number of carbonyl (C=O) groups excluding carboxylic acids is 2. The number of hydrogen-bond donors (Lipinski definition) is 2. The van der Waals surface area contributed by atoms with E-state index in [2.05, 4.69) is 31.4 Å². The summed E-state index contributed by atoms with van der Waals surface area (Å²) in [6.07, 6.45) is 0. The van der Waals surface area contributed by atoms with Crippen LogP contribution in [0.3, 0.4) is 0 Å². The van der Waals surface area contributed by atoms with Crippen molar-refractivity contribution in [2.75, 3.05) is 29.6 Å². The van der Waals surface area contributed by atoms with E-state index in [1.54, 1.807) is 24.3 Å². The average molecular weight is 339 g/mol. The molecule has 0 atom stereocenters. The molecule has 0 aromatic heterocycles. The summed E-state index contributed by atoms with van der Waals surface area (Å²) in [6, 6.07) is 14.8. The van der Waals surface area contributed by atoms with Gasteiger partial charge in [0, 0.05) is 31.2 Å². The van der Waals surface area contributed by atoms with Gasteiger partial charge in [-0.3, -0.25) is 9.59 Å². The number of rotatable bonds is 3. The van der Waals surface area contributed by atoms with E-state index in [9.17, 15) is 9.59 Å². The van der Waals surface area contributed by atoms with Crippen LogP contribution in [0.15, 0.2) is 48.5 Å². The van der Waals surface area contributed by atoms with Crippen molar-refractivity contribution in [3.05, 3.63) is 54.1 Å². The van der Waals surface area contributed by atoms with Crippen LogP contribution in [0.1, 0.15) is 26.3 Å². The molecule has 0 spiro atoms. The molecular formula is C20H25N3O2. The molecule has 2 amide bonds. The van der Waals surface area contributed by atoms with E-state index < -0.39 is 11.8 Å². The minimum absolute atomic E-state index is 0.0403. The molecule has 0 aliphatic carbocycles. The van der Waals surface area contributed by atoms with Gasteiger partial charge < -0.3 is 15.5 Å². The SMILES string of the molecule is CN(C)c1ccc(NC(=O)C(=O)Nc2ccc(C(C)(C)C)cc2)cc1. The first kappa shape index (κ1) is 18.5. The zero-order valence-corrected chi connectivity index (χ0v) is 15.4. The summed E-state index contributed by atoms with van der Waals surface area (Å²) >= 11 is 0. The summed E-state index contributed by atoms with van der Waals surface area (Å²) in [6.45, 7) is 6.36. The Morgan fingerprint density at radius 3 is 1.52 bits per heavy atom. The van der Waals surface area contributed by atoms with Gasteiger partial charge in [0.25, 0.3) is 0 Å². The maximum absolute atomic E-state index is 12.0. The number of nitrogens with zero attached hydrogens (tertiary/aromatic N) is 1. The highest BCUT2D eigenvalue weighted by Crippen LogP contribution is 2.23. The fourth-order valence-electron chi connectivity index (χ4n) is 2.27. The number of amides is 2. The van der Waals surface area contributed by atoms with E-state index in [1.165, 1.54) is 0 Å². The Labute approximate surface area is 149 Å². The molecule has 0 heterocycles. The first-order valence-electron chi connectivity index (χ1n) is 8.17. The van der Waals surface area contributed by atoms with E-state index >= 15 is 0 Å². The van der Waals surface area contributed by atoms with Crippen LogP contribution in [0.5, 0.6) is 0 Å². The van der Waals surface area contributed by atoms with Crippen LogP contribution in [0.2, 0.25) is 0 Å². The molecule has 0 unspecified atom stereocenters. The lowest BCUT2D eigenvalue weighted by molar-refractivity contribution is -0.132. The molecule has 25 heavy (non-hydrogen) atoms. The van der Waals surface area contributed by atoms with Gasteiger partial charge in [0.2, 0.25) is 0 Å². The standard InChI is InChI=1S/C20H25N3O2/c1-20(2,3)14-6-8-15(9-7-14)21-18(24)19(25)22-16-10-12-17(13-11-16)23(4)5/h6-13H,1-5H3,(H,21,24)(H,22,25). The van der Waals surface area contributed by atoms with E-state index in [0.717, 1.165) is 11.3 Å². The van der Waals surface area contributed by atoms with Gasteiger partial charge >= 0.3 is 11.8 Å². The van der Waals surface area contributed by atoms with E-state index in [4.69, 9.17) is 0 Å². The number of anilines is 3. The van der Waals surface area contributed by atoms with Gasteiger partial charge in [0.05, 0.1) is 0 Å². The number of carbonyl (C=O) groups is 2. The van der Waals surface area contributed by atoms with Crippen molar-refractivity contribution in [2.45, 2.75) is 26.2 Å². The number of benzene rings is 2. The van der Waals surface area contributed by atoms with Crippen molar-refractivity contribution >= 4 is 28.9 Å². The third-order valence-electron chi connectivity index (χ3n) is 3.86. The monoisotopic (exact) mass is 339 g/mol. The Balaban J connectivity index is 1.97. The molecule has 2 aromatic rings. The van der Waals surface area contributed by atoms with Crippen LogP contribution in [0.25, 0.3) is 0 Å². The quantitative estimate of drug-likeness (QED) is 0.840. The molecule has 0 aliphatic rings. The molecule has 5 heteroatoms. The van der Waals surface area contributed by atoms with Crippen LogP contribution in [0.4, 0.5) is 17.1 Å². The van der Waals surface area contributed by atoms with Gasteiger partial charge in [-0.25, -0.2) is 0 Å². The lowest BCUT2D eigenvalue weighted by atomic mass is 9.87. The summed E-state index contributed by atoms with van der Waals surface area (Å²) in [7, 11) is 3.87. The second-order valence-electron chi connectivity index (χ2n) is 7.18. The van der Waals surface area contributed by atoms with Crippen molar-refractivity contribution in [2.24, 2.45) is 0 Å². The van der Waals surface area contributed by atoms with Crippen molar-refractivity contribution in [1.82, 2.24) is 0 Å². The van der Waals surface area contributed by atoms with Gasteiger partial charge in [0.15, 0.2) is 0 Å². The zero-order valence-electron chi connectivity index (χ0n) is 15.4. The molecule has 2 N–H and O–H groups in total. The molecule has 0 saturated carbocycles. The normalized spacial score (nSPS) is 10.9. The Morgan fingerprint density at radius 2 is 1.16 bits per heavy atom. The van der Waals surface area contributed by atoms with Crippen molar-refractivity contribution in [1.29, 1.82) is 0 Å². The fraction of sp³-hybridized carbons (Fsp3) is 0.300. The predicted molar refractivity (Wildman–Crippen MR) is 103 cm³/mol. The topological polar surface area (TPSA) is 61.4 Å². The lowest BCUT2D eigenvalue weighted by Crippen LogP contribution is -2.29. The zero-order chi connectivity index (χ0) is 18.6. The lowest BCUT2D eigenvalue weighted by Gasteiger charge is -2.19. The minimum Gasteiger partial charge on any atom is -0.378 e. The first-order valence-corrected chi connectivity index (χ1v) is 8.17. The van der Waals surface area contributed by atoms with Gasteiger partial charge in [-0.05, 0) is 47.4 Å². The number of hydrogen-bond acceptors (Lipinski definition) is 3. The third kappa shape index (κ3) is 5.08. The van der Waals surface area contributed by atoms with Crippen LogP contribution >= 0.6 is 0 Å². The Hall–Kier alpha value is -2.82. The maximum Gasteiger partial charge on any atom is 0.314 e. The van der Waals surface area contributed by atoms with Gasteiger partial charge in [0.1, 0.15) is 0 Å². The summed E-state index contributed by atoms with van der Waals surface area (Å²) in [5.74, 6) is -1.39. The molecular weight excluding hydrogens is 314 g/mol.